The minimum atomic E-state index is -0.417. The largest absolute Gasteiger partial charge is 0.370 e. The summed E-state index contributed by atoms with van der Waals surface area (Å²) in [6, 6.07) is 3.11. The number of nitro groups is 1. The number of pyridine rings is 1. The Morgan fingerprint density at radius 2 is 2.14 bits per heavy atom. The number of nitrogens with one attached hydrogen (secondary N) is 2. The van der Waals surface area contributed by atoms with Crippen molar-refractivity contribution in [3.05, 3.63) is 44.1 Å². The first-order valence-electron chi connectivity index (χ1n) is 6.76. The van der Waals surface area contributed by atoms with Gasteiger partial charge in [0.2, 0.25) is 5.82 Å². The smallest absolute Gasteiger partial charge is 0.311 e. The molecule has 112 valence electrons. The lowest BCUT2D eigenvalue weighted by molar-refractivity contribution is -0.384. The number of rotatable bonds is 7. The maximum Gasteiger partial charge on any atom is 0.311 e. The van der Waals surface area contributed by atoms with E-state index < -0.39 is 4.92 Å². The van der Waals surface area contributed by atoms with Crippen molar-refractivity contribution < 1.29 is 4.92 Å². The average molecular weight is 306 g/mol. The van der Waals surface area contributed by atoms with Crippen LogP contribution in [0, 0.1) is 17.0 Å². The Kier molecular flexibility index (Phi) is 5.10. The first-order chi connectivity index (χ1) is 10.1. The van der Waals surface area contributed by atoms with Crippen LogP contribution in [0.3, 0.4) is 0 Å². The summed E-state index contributed by atoms with van der Waals surface area (Å²) in [4.78, 5) is 15.0. The standard InChI is InChI=1S/C14H18N4O2S/c1-3-6-15-13-5-4-12(18(19)20)14(17-13)16-7-11-9-21-8-10(11)2/h4-5,8-9H,3,6-7H2,1-2H3,(H2,15,16,17). The SMILES string of the molecule is CCCNc1ccc([N+](=O)[O-])c(NCc2cscc2C)n1. The molecule has 0 amide bonds. The van der Waals surface area contributed by atoms with Gasteiger partial charge in [-0.1, -0.05) is 6.92 Å². The van der Waals surface area contributed by atoms with Gasteiger partial charge in [-0.3, -0.25) is 10.1 Å². The van der Waals surface area contributed by atoms with Crippen LogP contribution in [-0.4, -0.2) is 16.5 Å². The molecule has 0 spiro atoms. The zero-order chi connectivity index (χ0) is 15.2. The fourth-order valence-corrected chi connectivity index (χ4v) is 2.68. The van der Waals surface area contributed by atoms with Gasteiger partial charge in [-0.2, -0.15) is 11.3 Å². The first kappa shape index (κ1) is 15.2. The summed E-state index contributed by atoms with van der Waals surface area (Å²) in [6.45, 7) is 5.39. The molecule has 0 saturated heterocycles. The molecule has 0 fully saturated rings. The third kappa shape index (κ3) is 3.91. The summed E-state index contributed by atoms with van der Waals surface area (Å²) in [5.41, 5.74) is 2.29. The monoisotopic (exact) mass is 306 g/mol. The van der Waals surface area contributed by atoms with Crippen LogP contribution in [-0.2, 0) is 6.54 Å². The average Bonchev–Trinajstić information content (AvgIpc) is 2.88. The van der Waals surface area contributed by atoms with Crippen molar-refractivity contribution in [1.29, 1.82) is 0 Å². The number of nitrogens with zero attached hydrogens (tertiary/aromatic N) is 2. The molecule has 7 heteroatoms. The lowest BCUT2D eigenvalue weighted by Crippen LogP contribution is -2.08. The van der Waals surface area contributed by atoms with Crippen LogP contribution in [0.2, 0.25) is 0 Å². The highest BCUT2D eigenvalue weighted by Gasteiger charge is 2.16. The fraction of sp³-hybridized carbons (Fsp3) is 0.357. The summed E-state index contributed by atoms with van der Waals surface area (Å²) < 4.78 is 0. The predicted molar refractivity (Wildman–Crippen MR) is 86.1 cm³/mol. The van der Waals surface area contributed by atoms with E-state index in [9.17, 15) is 10.1 Å². The number of aryl methyl sites for hydroxylation is 1. The molecule has 0 radical (unpaired) electrons. The molecule has 2 rings (SSSR count). The van der Waals surface area contributed by atoms with Gasteiger partial charge in [0.25, 0.3) is 0 Å². The van der Waals surface area contributed by atoms with Gasteiger partial charge in [0.05, 0.1) is 4.92 Å². The second-order valence-corrected chi connectivity index (χ2v) is 5.43. The maximum absolute atomic E-state index is 11.1. The molecule has 0 unspecified atom stereocenters. The molecular formula is C14H18N4O2S. The van der Waals surface area contributed by atoms with Crippen molar-refractivity contribution in [1.82, 2.24) is 4.98 Å². The second kappa shape index (κ2) is 7.03. The quantitative estimate of drug-likeness (QED) is 0.601. The number of aromatic nitrogens is 1. The number of anilines is 2. The van der Waals surface area contributed by atoms with E-state index in [1.807, 2.05) is 12.3 Å². The van der Waals surface area contributed by atoms with Crippen molar-refractivity contribution in [3.63, 3.8) is 0 Å². The van der Waals surface area contributed by atoms with Gasteiger partial charge in [-0.15, -0.1) is 0 Å². The van der Waals surface area contributed by atoms with Gasteiger partial charge in [-0.05, 0) is 41.3 Å². The van der Waals surface area contributed by atoms with Crippen molar-refractivity contribution in [3.8, 4) is 0 Å². The van der Waals surface area contributed by atoms with Crippen LogP contribution >= 0.6 is 11.3 Å². The molecule has 0 aliphatic carbocycles. The Morgan fingerprint density at radius 1 is 1.33 bits per heavy atom. The highest BCUT2D eigenvalue weighted by Crippen LogP contribution is 2.25. The molecule has 2 aromatic heterocycles. The second-order valence-electron chi connectivity index (χ2n) is 4.68. The van der Waals surface area contributed by atoms with E-state index in [-0.39, 0.29) is 5.69 Å². The Bertz CT molecular complexity index is 627. The summed E-state index contributed by atoms with van der Waals surface area (Å²) in [5, 5.41) is 21.4. The topological polar surface area (TPSA) is 80.1 Å². The molecule has 21 heavy (non-hydrogen) atoms. The Balaban J connectivity index is 2.17. The molecule has 2 heterocycles. The van der Waals surface area contributed by atoms with Crippen LogP contribution < -0.4 is 10.6 Å². The van der Waals surface area contributed by atoms with E-state index >= 15 is 0 Å². The molecule has 6 nitrogen and oxygen atoms in total. The van der Waals surface area contributed by atoms with Gasteiger partial charge >= 0.3 is 5.69 Å². The van der Waals surface area contributed by atoms with E-state index in [4.69, 9.17) is 0 Å². The molecule has 0 saturated carbocycles. The van der Waals surface area contributed by atoms with Gasteiger partial charge in [-0.25, -0.2) is 4.98 Å². The number of hydrogen-bond acceptors (Lipinski definition) is 6. The first-order valence-corrected chi connectivity index (χ1v) is 7.71. The lowest BCUT2D eigenvalue weighted by Gasteiger charge is -2.09. The summed E-state index contributed by atoms with van der Waals surface area (Å²) in [6.07, 6.45) is 0.968. The minimum absolute atomic E-state index is 0.00932. The molecular weight excluding hydrogens is 288 g/mol. The van der Waals surface area contributed by atoms with E-state index in [0.717, 1.165) is 18.5 Å². The Morgan fingerprint density at radius 3 is 2.76 bits per heavy atom. The Labute approximate surface area is 127 Å². The fourth-order valence-electron chi connectivity index (χ4n) is 1.83. The number of hydrogen-bond donors (Lipinski definition) is 2. The highest BCUT2D eigenvalue weighted by molar-refractivity contribution is 7.08. The zero-order valence-corrected chi connectivity index (χ0v) is 12.9. The molecule has 0 aliphatic heterocycles. The van der Waals surface area contributed by atoms with E-state index in [2.05, 4.69) is 27.9 Å². The van der Waals surface area contributed by atoms with E-state index in [1.165, 1.54) is 11.6 Å². The van der Waals surface area contributed by atoms with Gasteiger partial charge in [0.15, 0.2) is 0 Å². The van der Waals surface area contributed by atoms with Crippen molar-refractivity contribution in [2.75, 3.05) is 17.2 Å². The lowest BCUT2D eigenvalue weighted by atomic mass is 10.2. The van der Waals surface area contributed by atoms with E-state index in [0.29, 0.717) is 18.2 Å². The van der Waals surface area contributed by atoms with Crippen LogP contribution in [0.25, 0.3) is 0 Å². The summed E-state index contributed by atoms with van der Waals surface area (Å²) >= 11 is 1.62. The minimum Gasteiger partial charge on any atom is -0.370 e. The zero-order valence-electron chi connectivity index (χ0n) is 12.0. The van der Waals surface area contributed by atoms with Crippen LogP contribution in [0.5, 0.6) is 0 Å². The van der Waals surface area contributed by atoms with Crippen molar-refractivity contribution >= 4 is 28.7 Å². The van der Waals surface area contributed by atoms with Crippen LogP contribution in [0.15, 0.2) is 22.9 Å². The number of thiophene rings is 1. The van der Waals surface area contributed by atoms with Gasteiger partial charge < -0.3 is 10.6 Å². The maximum atomic E-state index is 11.1. The normalized spacial score (nSPS) is 10.4. The van der Waals surface area contributed by atoms with Crippen LogP contribution in [0.4, 0.5) is 17.3 Å². The van der Waals surface area contributed by atoms with Crippen molar-refractivity contribution in [2.45, 2.75) is 26.8 Å². The third-order valence-electron chi connectivity index (χ3n) is 3.03. The van der Waals surface area contributed by atoms with Gasteiger partial charge in [0.1, 0.15) is 5.82 Å². The van der Waals surface area contributed by atoms with Crippen molar-refractivity contribution in [2.24, 2.45) is 0 Å². The van der Waals surface area contributed by atoms with Gasteiger partial charge in [0, 0.05) is 19.2 Å². The molecule has 0 atom stereocenters. The van der Waals surface area contributed by atoms with Crippen LogP contribution in [0.1, 0.15) is 24.5 Å². The summed E-state index contributed by atoms with van der Waals surface area (Å²) in [7, 11) is 0. The molecule has 2 N–H and O–H groups in total. The van der Waals surface area contributed by atoms with E-state index in [1.54, 1.807) is 17.4 Å². The molecule has 2 aromatic rings. The third-order valence-corrected chi connectivity index (χ3v) is 3.94. The Hall–Kier alpha value is -2.15. The molecule has 0 bridgehead atoms. The highest BCUT2D eigenvalue weighted by atomic mass is 32.1. The molecule has 0 aromatic carbocycles. The molecule has 0 aliphatic rings. The summed E-state index contributed by atoms with van der Waals surface area (Å²) in [5.74, 6) is 0.943. The predicted octanol–water partition coefficient (Wildman–Crippen LogP) is 3.79.